The van der Waals surface area contributed by atoms with E-state index in [0.29, 0.717) is 38.5 Å². The van der Waals surface area contributed by atoms with Crippen molar-refractivity contribution in [3.8, 4) is 5.75 Å². The van der Waals surface area contributed by atoms with Crippen LogP contribution >= 0.6 is 0 Å². The first-order valence-electron chi connectivity index (χ1n) is 11.3. The molecule has 0 bridgehead atoms. The number of rotatable bonds is 8. The van der Waals surface area contributed by atoms with Gasteiger partial charge < -0.3 is 19.5 Å². The van der Waals surface area contributed by atoms with E-state index >= 15 is 0 Å². The Balaban J connectivity index is 1.68. The first-order valence-corrected chi connectivity index (χ1v) is 11.3. The highest BCUT2D eigenvalue weighted by molar-refractivity contribution is 6.46. The molecule has 0 spiro atoms. The van der Waals surface area contributed by atoms with Gasteiger partial charge in [0.2, 0.25) is 0 Å². The van der Waals surface area contributed by atoms with Crippen LogP contribution in [-0.4, -0.2) is 77.6 Å². The van der Waals surface area contributed by atoms with Gasteiger partial charge in [-0.2, -0.15) is 0 Å². The van der Waals surface area contributed by atoms with Crippen molar-refractivity contribution in [1.29, 1.82) is 0 Å². The van der Waals surface area contributed by atoms with E-state index in [1.807, 2.05) is 31.2 Å². The molecule has 33 heavy (non-hydrogen) atoms. The summed E-state index contributed by atoms with van der Waals surface area (Å²) in [5.41, 5.74) is 1.29. The zero-order valence-corrected chi connectivity index (χ0v) is 18.8. The zero-order chi connectivity index (χ0) is 23.2. The third kappa shape index (κ3) is 5.07. The standard InChI is InChI=1S/C25H29N3O5/c1-2-15-33-20-5-3-18(4-6-20)22-21(23(29)19-7-9-26-10-8-19)24(30)25(31)28(22)12-11-27-13-16-32-17-14-27/h3-10,22,29H,2,11-17H2,1H3/b23-21+. The summed E-state index contributed by atoms with van der Waals surface area (Å²) in [6.07, 6.45) is 3.98. The maximum atomic E-state index is 13.1. The number of pyridine rings is 1. The van der Waals surface area contributed by atoms with E-state index < -0.39 is 17.7 Å². The van der Waals surface area contributed by atoms with E-state index in [1.54, 1.807) is 29.4 Å². The molecule has 2 aliphatic heterocycles. The number of carbonyl (C=O) groups excluding carboxylic acids is 2. The van der Waals surface area contributed by atoms with Crippen LogP contribution in [0.5, 0.6) is 5.75 Å². The van der Waals surface area contributed by atoms with Crippen molar-refractivity contribution >= 4 is 17.4 Å². The fourth-order valence-electron chi connectivity index (χ4n) is 4.16. The van der Waals surface area contributed by atoms with Crippen LogP contribution in [0.2, 0.25) is 0 Å². The molecule has 4 rings (SSSR count). The molecule has 1 N–H and O–H groups in total. The number of ketones is 1. The lowest BCUT2D eigenvalue weighted by molar-refractivity contribution is -0.140. The van der Waals surface area contributed by atoms with Crippen molar-refractivity contribution in [2.24, 2.45) is 0 Å². The van der Waals surface area contributed by atoms with Crippen molar-refractivity contribution in [1.82, 2.24) is 14.8 Å². The van der Waals surface area contributed by atoms with Gasteiger partial charge >= 0.3 is 0 Å². The van der Waals surface area contributed by atoms with Crippen molar-refractivity contribution in [3.63, 3.8) is 0 Å². The molecule has 8 nitrogen and oxygen atoms in total. The molecule has 1 unspecified atom stereocenters. The summed E-state index contributed by atoms with van der Waals surface area (Å²) >= 11 is 0. The fraction of sp³-hybridized carbons (Fsp3) is 0.400. The number of hydrogen-bond acceptors (Lipinski definition) is 7. The lowest BCUT2D eigenvalue weighted by atomic mass is 9.95. The number of nitrogens with zero attached hydrogens (tertiary/aromatic N) is 3. The number of likely N-dealkylation sites (tertiary alicyclic amines) is 1. The average Bonchev–Trinajstić information content (AvgIpc) is 3.12. The van der Waals surface area contributed by atoms with Crippen molar-refractivity contribution in [3.05, 3.63) is 65.5 Å². The maximum Gasteiger partial charge on any atom is 0.295 e. The normalized spacial score (nSPS) is 20.9. The third-order valence-corrected chi connectivity index (χ3v) is 5.92. The Bertz CT molecular complexity index is 1000. The first-order chi connectivity index (χ1) is 16.1. The summed E-state index contributed by atoms with van der Waals surface area (Å²) < 4.78 is 11.1. The van der Waals surface area contributed by atoms with Gasteiger partial charge in [-0.05, 0) is 36.2 Å². The van der Waals surface area contributed by atoms with Crippen LogP contribution in [0.4, 0.5) is 0 Å². The molecule has 8 heteroatoms. The van der Waals surface area contributed by atoms with Crippen LogP contribution in [0.3, 0.4) is 0 Å². The van der Waals surface area contributed by atoms with Gasteiger partial charge in [-0.1, -0.05) is 19.1 Å². The minimum absolute atomic E-state index is 0.0930. The maximum absolute atomic E-state index is 13.1. The Hall–Kier alpha value is -3.23. The second-order valence-corrected chi connectivity index (χ2v) is 8.10. The molecule has 0 radical (unpaired) electrons. The number of hydrogen-bond donors (Lipinski definition) is 1. The number of carbonyl (C=O) groups is 2. The fourth-order valence-corrected chi connectivity index (χ4v) is 4.16. The third-order valence-electron chi connectivity index (χ3n) is 5.92. The number of benzene rings is 1. The van der Waals surface area contributed by atoms with Gasteiger partial charge in [-0.15, -0.1) is 0 Å². The molecule has 2 fully saturated rings. The summed E-state index contributed by atoms with van der Waals surface area (Å²) in [4.78, 5) is 33.9. The highest BCUT2D eigenvalue weighted by Crippen LogP contribution is 2.39. The molecule has 0 aliphatic carbocycles. The molecule has 1 atom stereocenters. The monoisotopic (exact) mass is 451 g/mol. The van der Waals surface area contributed by atoms with Crippen molar-refractivity contribution in [2.75, 3.05) is 46.0 Å². The molecule has 2 aliphatic rings. The second kappa shape index (κ2) is 10.6. The molecular weight excluding hydrogens is 422 g/mol. The zero-order valence-electron chi connectivity index (χ0n) is 18.8. The summed E-state index contributed by atoms with van der Waals surface area (Å²) in [6.45, 7) is 6.53. The summed E-state index contributed by atoms with van der Waals surface area (Å²) in [5.74, 6) is -0.751. The Labute approximate surface area is 193 Å². The second-order valence-electron chi connectivity index (χ2n) is 8.10. The molecule has 2 saturated heterocycles. The first kappa shape index (κ1) is 22.9. The predicted molar refractivity (Wildman–Crippen MR) is 123 cm³/mol. The van der Waals surface area contributed by atoms with E-state index in [2.05, 4.69) is 9.88 Å². The summed E-state index contributed by atoms with van der Waals surface area (Å²) in [6, 6.07) is 9.93. The number of aliphatic hydroxyl groups excluding tert-OH is 1. The number of ether oxygens (including phenoxy) is 2. The Morgan fingerprint density at radius 2 is 1.79 bits per heavy atom. The van der Waals surface area contributed by atoms with Crippen molar-refractivity contribution in [2.45, 2.75) is 19.4 Å². The van der Waals surface area contributed by atoms with Crippen LogP contribution in [0.15, 0.2) is 54.4 Å². The minimum atomic E-state index is -0.681. The molecular formula is C25H29N3O5. The van der Waals surface area contributed by atoms with Gasteiger partial charge in [0.15, 0.2) is 0 Å². The highest BCUT2D eigenvalue weighted by Gasteiger charge is 2.46. The lowest BCUT2D eigenvalue weighted by Gasteiger charge is -2.31. The Morgan fingerprint density at radius 3 is 2.45 bits per heavy atom. The van der Waals surface area contributed by atoms with Gasteiger partial charge in [0, 0.05) is 44.1 Å². The number of morpholine rings is 1. The lowest BCUT2D eigenvalue weighted by Crippen LogP contribution is -2.42. The quantitative estimate of drug-likeness (QED) is 0.375. The molecule has 0 saturated carbocycles. The van der Waals surface area contributed by atoms with Crippen LogP contribution in [0.25, 0.3) is 5.76 Å². The summed E-state index contributed by atoms with van der Waals surface area (Å²) in [5, 5.41) is 11.0. The van der Waals surface area contributed by atoms with Crippen LogP contribution in [0.1, 0.15) is 30.5 Å². The van der Waals surface area contributed by atoms with E-state index in [0.717, 1.165) is 30.8 Å². The van der Waals surface area contributed by atoms with E-state index in [1.165, 1.54) is 0 Å². The van der Waals surface area contributed by atoms with Crippen LogP contribution < -0.4 is 4.74 Å². The Kier molecular flexibility index (Phi) is 7.36. The van der Waals surface area contributed by atoms with E-state index in [9.17, 15) is 14.7 Å². The van der Waals surface area contributed by atoms with Gasteiger partial charge in [-0.3, -0.25) is 19.5 Å². The van der Waals surface area contributed by atoms with Gasteiger partial charge in [0.1, 0.15) is 11.5 Å². The van der Waals surface area contributed by atoms with Crippen LogP contribution in [-0.2, 0) is 14.3 Å². The molecule has 174 valence electrons. The van der Waals surface area contributed by atoms with Crippen molar-refractivity contribution < 1.29 is 24.2 Å². The molecule has 1 amide bonds. The summed E-state index contributed by atoms with van der Waals surface area (Å²) in [7, 11) is 0. The van der Waals surface area contributed by atoms with Gasteiger partial charge in [0.05, 0.1) is 31.4 Å². The van der Waals surface area contributed by atoms with E-state index in [-0.39, 0.29) is 11.3 Å². The topological polar surface area (TPSA) is 92.2 Å². The largest absolute Gasteiger partial charge is 0.507 e. The SMILES string of the molecule is CCCOc1ccc(C2/C(=C(\O)c3ccncc3)C(=O)C(=O)N2CCN2CCOCC2)cc1. The molecule has 1 aromatic carbocycles. The molecule has 1 aromatic heterocycles. The number of Topliss-reactive ketones (excluding diaryl/α,β-unsaturated/α-hetero) is 1. The number of amides is 1. The average molecular weight is 452 g/mol. The smallest absolute Gasteiger partial charge is 0.295 e. The van der Waals surface area contributed by atoms with E-state index in [4.69, 9.17) is 9.47 Å². The Morgan fingerprint density at radius 1 is 1.09 bits per heavy atom. The molecule has 3 heterocycles. The predicted octanol–water partition coefficient (Wildman–Crippen LogP) is 2.62. The number of aromatic nitrogens is 1. The number of aliphatic hydroxyl groups is 1. The van der Waals surface area contributed by atoms with Gasteiger partial charge in [-0.25, -0.2) is 0 Å². The van der Waals surface area contributed by atoms with Gasteiger partial charge in [0.25, 0.3) is 11.7 Å². The minimum Gasteiger partial charge on any atom is -0.507 e. The van der Waals surface area contributed by atoms with Crippen LogP contribution in [0, 0.1) is 0 Å². The highest BCUT2D eigenvalue weighted by atomic mass is 16.5. The molecule has 2 aromatic rings.